The Labute approximate surface area is 111 Å². The molecule has 0 aromatic heterocycles. The van der Waals surface area contributed by atoms with Crippen LogP contribution in [0.25, 0.3) is 0 Å². The van der Waals surface area contributed by atoms with E-state index in [-0.39, 0.29) is 17.9 Å². The van der Waals surface area contributed by atoms with Crippen molar-refractivity contribution in [1.29, 1.82) is 0 Å². The first-order chi connectivity index (χ1) is 8.58. The van der Waals surface area contributed by atoms with Gasteiger partial charge < -0.3 is 16.0 Å². The summed E-state index contributed by atoms with van der Waals surface area (Å²) in [6.07, 6.45) is 3.32. The molecule has 18 heavy (non-hydrogen) atoms. The number of nitrogens with one attached hydrogen (secondary N) is 1. The summed E-state index contributed by atoms with van der Waals surface area (Å²) >= 11 is 0. The minimum atomic E-state index is -0.356. The van der Waals surface area contributed by atoms with Crippen molar-refractivity contribution >= 4 is 5.91 Å². The molecule has 1 rings (SSSR count). The number of carbonyl (C=O) groups is 1. The zero-order valence-corrected chi connectivity index (χ0v) is 12.1. The van der Waals surface area contributed by atoms with Gasteiger partial charge in [-0.15, -0.1) is 0 Å². The molecule has 0 saturated carbocycles. The van der Waals surface area contributed by atoms with Crippen LogP contribution in [0.5, 0.6) is 0 Å². The van der Waals surface area contributed by atoms with Crippen LogP contribution in [0.4, 0.5) is 0 Å². The maximum Gasteiger partial charge on any atom is 0.237 e. The molecule has 0 aromatic rings. The topological polar surface area (TPSA) is 58.4 Å². The third-order valence-corrected chi connectivity index (χ3v) is 4.28. The second kappa shape index (κ2) is 7.74. The Kier molecular flexibility index (Phi) is 6.65. The largest absolute Gasteiger partial charge is 0.354 e. The SMILES string of the molecule is CC[C@H](C)[C@H](N)C(=O)NCC1CCN(CC)CC1. The number of nitrogens with two attached hydrogens (primary N) is 1. The van der Waals surface area contributed by atoms with Crippen molar-refractivity contribution in [3.63, 3.8) is 0 Å². The molecule has 1 amide bonds. The minimum absolute atomic E-state index is 0.0160. The van der Waals surface area contributed by atoms with Crippen LogP contribution in [0, 0.1) is 11.8 Å². The van der Waals surface area contributed by atoms with Crippen molar-refractivity contribution in [3.8, 4) is 0 Å². The number of hydrogen-bond donors (Lipinski definition) is 2. The summed E-state index contributed by atoms with van der Waals surface area (Å²) < 4.78 is 0. The Bertz CT molecular complexity index is 249. The highest BCUT2D eigenvalue weighted by Gasteiger charge is 2.22. The molecule has 4 nitrogen and oxygen atoms in total. The van der Waals surface area contributed by atoms with Gasteiger partial charge >= 0.3 is 0 Å². The fourth-order valence-electron chi connectivity index (χ4n) is 2.38. The number of rotatable bonds is 6. The lowest BCUT2D eigenvalue weighted by atomic mass is 9.95. The first-order valence-electron chi connectivity index (χ1n) is 7.34. The third kappa shape index (κ3) is 4.58. The van der Waals surface area contributed by atoms with Gasteiger partial charge in [0.25, 0.3) is 0 Å². The van der Waals surface area contributed by atoms with Crippen LogP contribution in [0.2, 0.25) is 0 Å². The van der Waals surface area contributed by atoms with Crippen molar-refractivity contribution in [2.24, 2.45) is 17.6 Å². The Hall–Kier alpha value is -0.610. The van der Waals surface area contributed by atoms with Crippen LogP contribution >= 0.6 is 0 Å². The van der Waals surface area contributed by atoms with E-state index >= 15 is 0 Å². The van der Waals surface area contributed by atoms with E-state index in [1.165, 1.54) is 12.8 Å². The highest BCUT2D eigenvalue weighted by Crippen LogP contribution is 2.16. The molecule has 0 aliphatic carbocycles. The maximum atomic E-state index is 11.9. The zero-order valence-electron chi connectivity index (χ0n) is 12.1. The zero-order chi connectivity index (χ0) is 13.5. The number of amides is 1. The summed E-state index contributed by atoms with van der Waals surface area (Å²) in [7, 11) is 0. The molecule has 0 radical (unpaired) electrons. The summed E-state index contributed by atoms with van der Waals surface area (Å²) in [5, 5.41) is 3.02. The predicted molar refractivity (Wildman–Crippen MR) is 75.3 cm³/mol. The van der Waals surface area contributed by atoms with E-state index in [2.05, 4.69) is 24.1 Å². The van der Waals surface area contributed by atoms with Gasteiger partial charge in [-0.1, -0.05) is 27.2 Å². The van der Waals surface area contributed by atoms with E-state index in [0.717, 1.165) is 32.6 Å². The van der Waals surface area contributed by atoms with Crippen LogP contribution in [-0.2, 0) is 4.79 Å². The Morgan fingerprint density at radius 3 is 2.50 bits per heavy atom. The summed E-state index contributed by atoms with van der Waals surface area (Å²) in [5.74, 6) is 0.898. The molecule has 0 spiro atoms. The van der Waals surface area contributed by atoms with E-state index in [1.807, 2.05) is 6.92 Å². The molecular formula is C14H29N3O. The van der Waals surface area contributed by atoms with Crippen molar-refractivity contribution < 1.29 is 4.79 Å². The first-order valence-corrected chi connectivity index (χ1v) is 7.34. The van der Waals surface area contributed by atoms with E-state index < -0.39 is 0 Å². The van der Waals surface area contributed by atoms with Gasteiger partial charge in [-0.25, -0.2) is 0 Å². The molecule has 1 heterocycles. The first kappa shape index (κ1) is 15.4. The highest BCUT2D eigenvalue weighted by molar-refractivity contribution is 5.81. The summed E-state index contributed by atoms with van der Waals surface area (Å²) in [5.41, 5.74) is 5.91. The molecule has 0 aromatic carbocycles. The Morgan fingerprint density at radius 1 is 1.39 bits per heavy atom. The van der Waals surface area contributed by atoms with Crippen molar-refractivity contribution in [2.75, 3.05) is 26.2 Å². The number of hydrogen-bond acceptors (Lipinski definition) is 3. The lowest BCUT2D eigenvalue weighted by molar-refractivity contribution is -0.123. The van der Waals surface area contributed by atoms with Gasteiger partial charge in [0.2, 0.25) is 5.91 Å². The smallest absolute Gasteiger partial charge is 0.237 e. The van der Waals surface area contributed by atoms with Crippen LogP contribution in [0.3, 0.4) is 0 Å². The van der Waals surface area contributed by atoms with Gasteiger partial charge in [0.1, 0.15) is 0 Å². The monoisotopic (exact) mass is 255 g/mol. The molecule has 0 unspecified atom stereocenters. The molecule has 1 saturated heterocycles. The summed E-state index contributed by atoms with van der Waals surface area (Å²) in [4.78, 5) is 14.3. The second-order valence-electron chi connectivity index (χ2n) is 5.53. The Morgan fingerprint density at radius 2 is 2.00 bits per heavy atom. The highest BCUT2D eigenvalue weighted by atomic mass is 16.2. The van der Waals surface area contributed by atoms with E-state index in [9.17, 15) is 4.79 Å². The molecular weight excluding hydrogens is 226 g/mol. The van der Waals surface area contributed by atoms with Gasteiger partial charge in [0.15, 0.2) is 0 Å². The normalized spacial score (nSPS) is 21.6. The molecule has 1 aliphatic heterocycles. The maximum absolute atomic E-state index is 11.9. The van der Waals surface area contributed by atoms with Gasteiger partial charge in [-0.2, -0.15) is 0 Å². The minimum Gasteiger partial charge on any atom is -0.354 e. The summed E-state index contributed by atoms with van der Waals surface area (Å²) in [6.45, 7) is 10.6. The standard InChI is InChI=1S/C14H29N3O/c1-4-11(3)13(15)14(18)16-10-12-6-8-17(5-2)9-7-12/h11-13H,4-10,15H2,1-3H3,(H,16,18)/t11-,13-/m0/s1. The molecule has 0 bridgehead atoms. The van der Waals surface area contributed by atoms with Crippen LogP contribution < -0.4 is 11.1 Å². The fourth-order valence-corrected chi connectivity index (χ4v) is 2.38. The predicted octanol–water partition coefficient (Wildman–Crippen LogP) is 1.21. The quantitative estimate of drug-likeness (QED) is 0.750. The number of nitrogens with zero attached hydrogens (tertiary/aromatic N) is 1. The van der Waals surface area contributed by atoms with Gasteiger partial charge in [0.05, 0.1) is 6.04 Å². The van der Waals surface area contributed by atoms with Gasteiger partial charge in [0, 0.05) is 6.54 Å². The molecule has 3 N–H and O–H groups in total. The average Bonchev–Trinajstić information content (AvgIpc) is 2.43. The average molecular weight is 255 g/mol. The summed E-state index contributed by atoms with van der Waals surface area (Å²) in [6, 6.07) is -0.356. The van der Waals surface area contributed by atoms with Gasteiger partial charge in [-0.05, 0) is 44.3 Å². The molecule has 106 valence electrons. The van der Waals surface area contributed by atoms with Crippen molar-refractivity contribution in [3.05, 3.63) is 0 Å². The van der Waals surface area contributed by atoms with Crippen LogP contribution in [-0.4, -0.2) is 43.0 Å². The van der Waals surface area contributed by atoms with Gasteiger partial charge in [-0.3, -0.25) is 4.79 Å². The molecule has 1 aliphatic rings. The van der Waals surface area contributed by atoms with Crippen molar-refractivity contribution in [1.82, 2.24) is 10.2 Å². The van der Waals surface area contributed by atoms with Crippen molar-refractivity contribution in [2.45, 2.75) is 46.1 Å². The van der Waals surface area contributed by atoms with Crippen LogP contribution in [0.15, 0.2) is 0 Å². The lowest BCUT2D eigenvalue weighted by Crippen LogP contribution is -2.47. The van der Waals surface area contributed by atoms with Crippen LogP contribution in [0.1, 0.15) is 40.0 Å². The Balaban J connectivity index is 2.23. The number of carbonyl (C=O) groups excluding carboxylic acids is 1. The lowest BCUT2D eigenvalue weighted by Gasteiger charge is -2.31. The number of likely N-dealkylation sites (tertiary alicyclic amines) is 1. The van der Waals surface area contributed by atoms with E-state index in [1.54, 1.807) is 0 Å². The second-order valence-corrected chi connectivity index (χ2v) is 5.53. The molecule has 4 heteroatoms. The third-order valence-electron chi connectivity index (χ3n) is 4.28. The van der Waals surface area contributed by atoms with E-state index in [0.29, 0.717) is 5.92 Å². The molecule has 2 atom stereocenters. The fraction of sp³-hybridized carbons (Fsp3) is 0.929. The number of piperidine rings is 1. The van der Waals surface area contributed by atoms with E-state index in [4.69, 9.17) is 5.73 Å². The molecule has 1 fully saturated rings.